The standard InChI is InChI=1S/C28H25N3O4S/c1-4-35-27(33)23-24(18-11-6-5-7-12-18)29-28-31(25(23)20-14-8-9-15-21(20)34-3)26(32)22(36-28)17-19-13-10-16-30(19)2/h5-17,25H,4H2,1-3H3/b22-17-/t25-/m1/s1. The summed E-state index contributed by atoms with van der Waals surface area (Å²) in [6.07, 6.45) is 3.77. The smallest absolute Gasteiger partial charge is 0.338 e. The minimum absolute atomic E-state index is 0.195. The summed E-state index contributed by atoms with van der Waals surface area (Å²) < 4.78 is 15.2. The Labute approximate surface area is 211 Å². The highest BCUT2D eigenvalue weighted by Gasteiger charge is 2.36. The number of nitrogens with zero attached hydrogens (tertiary/aromatic N) is 3. The minimum Gasteiger partial charge on any atom is -0.496 e. The first-order chi connectivity index (χ1) is 17.5. The number of para-hydroxylation sites is 1. The van der Waals surface area contributed by atoms with Gasteiger partial charge in [0.1, 0.15) is 11.8 Å². The molecule has 0 amide bonds. The van der Waals surface area contributed by atoms with Crippen LogP contribution < -0.4 is 19.6 Å². The number of thiazole rings is 1. The van der Waals surface area contributed by atoms with Crippen molar-refractivity contribution in [1.29, 1.82) is 0 Å². The van der Waals surface area contributed by atoms with Gasteiger partial charge in [-0.3, -0.25) is 9.36 Å². The van der Waals surface area contributed by atoms with Crippen LogP contribution in [0.4, 0.5) is 0 Å². The SMILES string of the molecule is CCOC(=O)C1=C(c2ccccc2)N=c2s/c(=C\c3cccn3C)c(=O)n2[C@@H]1c1ccccc1OC. The Hall–Kier alpha value is -4.17. The molecule has 2 aromatic carbocycles. The minimum atomic E-state index is -0.776. The zero-order valence-corrected chi connectivity index (χ0v) is 21.0. The molecule has 2 aromatic heterocycles. The van der Waals surface area contributed by atoms with E-state index in [0.717, 1.165) is 11.3 Å². The maximum atomic E-state index is 13.9. The lowest BCUT2D eigenvalue weighted by atomic mass is 9.92. The molecule has 3 heterocycles. The molecule has 0 unspecified atom stereocenters. The molecule has 1 atom stereocenters. The zero-order chi connectivity index (χ0) is 25.2. The second kappa shape index (κ2) is 9.83. The molecular weight excluding hydrogens is 474 g/mol. The van der Waals surface area contributed by atoms with E-state index in [9.17, 15) is 9.59 Å². The third kappa shape index (κ3) is 4.09. The van der Waals surface area contributed by atoms with Gasteiger partial charge in [0.25, 0.3) is 5.56 Å². The molecule has 36 heavy (non-hydrogen) atoms. The summed E-state index contributed by atoms with van der Waals surface area (Å²) in [5, 5.41) is 0. The molecule has 0 N–H and O–H groups in total. The second-order valence-electron chi connectivity index (χ2n) is 8.22. The van der Waals surface area contributed by atoms with Gasteiger partial charge in [0.15, 0.2) is 4.80 Å². The van der Waals surface area contributed by atoms with Gasteiger partial charge < -0.3 is 14.0 Å². The lowest BCUT2D eigenvalue weighted by Gasteiger charge is -2.27. The van der Waals surface area contributed by atoms with E-state index < -0.39 is 12.0 Å². The van der Waals surface area contributed by atoms with Crippen molar-refractivity contribution >= 4 is 29.1 Å². The molecule has 0 fully saturated rings. The third-order valence-electron chi connectivity index (χ3n) is 6.07. The van der Waals surface area contributed by atoms with Gasteiger partial charge in [-0.1, -0.05) is 59.9 Å². The van der Waals surface area contributed by atoms with Crippen molar-refractivity contribution in [2.75, 3.05) is 13.7 Å². The maximum Gasteiger partial charge on any atom is 0.338 e. The average molecular weight is 500 g/mol. The molecule has 5 rings (SSSR count). The monoisotopic (exact) mass is 499 g/mol. The average Bonchev–Trinajstić information content (AvgIpc) is 3.45. The van der Waals surface area contributed by atoms with Crippen LogP contribution in [0, 0.1) is 0 Å². The van der Waals surface area contributed by atoms with E-state index >= 15 is 0 Å². The van der Waals surface area contributed by atoms with Crippen molar-refractivity contribution in [2.24, 2.45) is 12.0 Å². The van der Waals surface area contributed by atoms with E-state index in [2.05, 4.69) is 0 Å². The van der Waals surface area contributed by atoms with Gasteiger partial charge in [-0.05, 0) is 31.2 Å². The molecule has 0 saturated carbocycles. The first-order valence-electron chi connectivity index (χ1n) is 11.6. The van der Waals surface area contributed by atoms with Crippen LogP contribution in [0.1, 0.15) is 29.8 Å². The number of ether oxygens (including phenoxy) is 2. The lowest BCUT2D eigenvalue weighted by molar-refractivity contribution is -0.138. The molecule has 0 spiro atoms. The number of hydrogen-bond donors (Lipinski definition) is 0. The molecule has 0 aliphatic carbocycles. The van der Waals surface area contributed by atoms with Crippen LogP contribution in [0.25, 0.3) is 11.8 Å². The summed E-state index contributed by atoms with van der Waals surface area (Å²) in [5.74, 6) is 0.0448. The number of carbonyl (C=O) groups excluding carboxylic acids is 1. The van der Waals surface area contributed by atoms with Crippen molar-refractivity contribution < 1.29 is 14.3 Å². The molecule has 1 aliphatic heterocycles. The van der Waals surface area contributed by atoms with E-state index in [1.165, 1.54) is 11.3 Å². The molecule has 182 valence electrons. The van der Waals surface area contributed by atoms with Gasteiger partial charge in [-0.2, -0.15) is 0 Å². The van der Waals surface area contributed by atoms with Gasteiger partial charge in [-0.15, -0.1) is 0 Å². The number of benzene rings is 2. The van der Waals surface area contributed by atoms with E-state index in [4.69, 9.17) is 14.5 Å². The van der Waals surface area contributed by atoms with Crippen molar-refractivity contribution in [3.05, 3.63) is 115 Å². The van der Waals surface area contributed by atoms with Crippen LogP contribution in [-0.4, -0.2) is 28.8 Å². The fraction of sp³-hybridized carbons (Fsp3) is 0.179. The van der Waals surface area contributed by atoms with Crippen LogP contribution in [-0.2, 0) is 16.6 Å². The molecule has 1 aliphatic rings. The van der Waals surface area contributed by atoms with E-state index in [-0.39, 0.29) is 12.2 Å². The van der Waals surface area contributed by atoms with Crippen molar-refractivity contribution in [3.63, 3.8) is 0 Å². The Morgan fingerprint density at radius 3 is 2.53 bits per heavy atom. The maximum absolute atomic E-state index is 13.9. The summed E-state index contributed by atoms with van der Waals surface area (Å²) in [7, 11) is 3.50. The van der Waals surface area contributed by atoms with Crippen LogP contribution in [0.3, 0.4) is 0 Å². The molecule has 7 nitrogen and oxygen atoms in total. The topological polar surface area (TPSA) is 74.8 Å². The summed E-state index contributed by atoms with van der Waals surface area (Å²) in [4.78, 5) is 32.7. The van der Waals surface area contributed by atoms with Crippen molar-refractivity contribution in [1.82, 2.24) is 9.13 Å². The van der Waals surface area contributed by atoms with E-state index in [0.29, 0.717) is 31.9 Å². The summed E-state index contributed by atoms with van der Waals surface area (Å²) in [6, 6.07) is 20.0. The second-order valence-corrected chi connectivity index (χ2v) is 9.23. The third-order valence-corrected chi connectivity index (χ3v) is 7.05. The number of aryl methyl sites for hydroxylation is 1. The van der Waals surface area contributed by atoms with Crippen molar-refractivity contribution in [3.8, 4) is 5.75 Å². The van der Waals surface area contributed by atoms with Gasteiger partial charge in [0, 0.05) is 30.1 Å². The van der Waals surface area contributed by atoms with E-state index in [1.807, 2.05) is 90.6 Å². The lowest BCUT2D eigenvalue weighted by Crippen LogP contribution is -2.40. The van der Waals surface area contributed by atoms with Gasteiger partial charge in [-0.25, -0.2) is 9.79 Å². The zero-order valence-electron chi connectivity index (χ0n) is 20.2. The van der Waals surface area contributed by atoms with Crippen LogP contribution in [0.5, 0.6) is 5.75 Å². The Morgan fingerprint density at radius 1 is 1.08 bits per heavy atom. The van der Waals surface area contributed by atoms with Crippen LogP contribution >= 0.6 is 11.3 Å². The number of hydrogen-bond acceptors (Lipinski definition) is 6. The summed E-state index contributed by atoms with van der Waals surface area (Å²) >= 11 is 1.29. The number of fused-ring (bicyclic) bond motifs is 1. The van der Waals surface area contributed by atoms with E-state index in [1.54, 1.807) is 18.6 Å². The predicted molar refractivity (Wildman–Crippen MR) is 139 cm³/mol. The Kier molecular flexibility index (Phi) is 6.43. The quantitative estimate of drug-likeness (QED) is 0.382. The number of rotatable bonds is 6. The Bertz CT molecular complexity index is 1640. The molecular formula is C28H25N3O4S. The molecule has 4 aromatic rings. The number of carbonyl (C=O) groups is 1. The number of esters is 1. The fourth-order valence-electron chi connectivity index (χ4n) is 4.39. The van der Waals surface area contributed by atoms with Gasteiger partial charge in [0.2, 0.25) is 0 Å². The van der Waals surface area contributed by atoms with Gasteiger partial charge >= 0.3 is 5.97 Å². The van der Waals surface area contributed by atoms with Crippen LogP contribution in [0.2, 0.25) is 0 Å². The largest absolute Gasteiger partial charge is 0.496 e. The first-order valence-corrected chi connectivity index (χ1v) is 12.4. The summed E-state index contributed by atoms with van der Waals surface area (Å²) in [6.45, 7) is 1.95. The number of aromatic nitrogens is 2. The fourth-order valence-corrected chi connectivity index (χ4v) is 5.37. The normalized spacial score (nSPS) is 15.4. The molecule has 0 bridgehead atoms. The highest BCUT2D eigenvalue weighted by atomic mass is 32.1. The molecule has 0 saturated heterocycles. The van der Waals surface area contributed by atoms with Gasteiger partial charge in [0.05, 0.1) is 29.5 Å². The van der Waals surface area contributed by atoms with Crippen molar-refractivity contribution in [2.45, 2.75) is 13.0 Å². The van der Waals surface area contributed by atoms with Crippen LogP contribution in [0.15, 0.2) is 88.3 Å². The summed E-state index contributed by atoms with van der Waals surface area (Å²) in [5.41, 5.74) is 2.88. The number of methoxy groups -OCH3 is 1. The molecule has 8 heteroatoms. The predicted octanol–water partition coefficient (Wildman–Crippen LogP) is 3.28. The highest BCUT2D eigenvalue weighted by Crippen LogP contribution is 2.38. The first kappa shape index (κ1) is 23.6. The Balaban J connectivity index is 1.88. The molecule has 0 radical (unpaired) electrons. The Morgan fingerprint density at radius 2 is 1.83 bits per heavy atom. The highest BCUT2D eigenvalue weighted by molar-refractivity contribution is 7.07.